The third-order valence-electron chi connectivity index (χ3n) is 3.99. The summed E-state index contributed by atoms with van der Waals surface area (Å²) in [4.78, 5) is 37.4. The number of allylic oxidation sites excluding steroid dienone is 1. The maximum Gasteiger partial charge on any atom is 0.431 e. The number of hydrogen-bond donors (Lipinski definition) is 1. The molecule has 1 aromatic heterocycles. The van der Waals surface area contributed by atoms with Crippen LogP contribution in [0.25, 0.3) is 11.8 Å². The van der Waals surface area contributed by atoms with Crippen LogP contribution >= 0.6 is 0 Å². The van der Waals surface area contributed by atoms with Gasteiger partial charge in [0.05, 0.1) is 5.69 Å². The molecule has 1 N–H and O–H groups in total. The standard InChI is InChI=1S/C18H17F3N2O3/c1-9(12(4)24)6-13-7-14(11(3)5-10(13)2)23-16(25)8-15(18(19,20)21)22-17(23)26/h5-8H,1-4H3,(H,22,26). The first-order valence-electron chi connectivity index (χ1n) is 7.66. The largest absolute Gasteiger partial charge is 0.431 e. The molecule has 1 heterocycles. The fraction of sp³-hybridized carbons (Fsp3) is 0.278. The van der Waals surface area contributed by atoms with Gasteiger partial charge in [-0.15, -0.1) is 0 Å². The van der Waals surface area contributed by atoms with Crippen molar-refractivity contribution in [1.29, 1.82) is 0 Å². The summed E-state index contributed by atoms with van der Waals surface area (Å²) in [5.74, 6) is -0.143. The van der Waals surface area contributed by atoms with Crippen LogP contribution in [0.15, 0.2) is 33.4 Å². The summed E-state index contributed by atoms with van der Waals surface area (Å²) >= 11 is 0. The molecule has 0 spiro atoms. The maximum atomic E-state index is 12.7. The van der Waals surface area contributed by atoms with E-state index in [1.807, 2.05) is 0 Å². The van der Waals surface area contributed by atoms with Crippen LogP contribution in [0, 0.1) is 13.8 Å². The van der Waals surface area contributed by atoms with Gasteiger partial charge in [0, 0.05) is 6.07 Å². The second-order valence-electron chi connectivity index (χ2n) is 6.04. The van der Waals surface area contributed by atoms with Crippen LogP contribution in [0.3, 0.4) is 0 Å². The van der Waals surface area contributed by atoms with Crippen LogP contribution in [0.4, 0.5) is 13.2 Å². The first kappa shape index (κ1) is 19.4. The van der Waals surface area contributed by atoms with Gasteiger partial charge in [-0.25, -0.2) is 9.36 Å². The number of carbonyl (C=O) groups is 1. The summed E-state index contributed by atoms with van der Waals surface area (Å²) in [5.41, 5.74) is -1.14. The molecule has 0 radical (unpaired) electrons. The van der Waals surface area contributed by atoms with E-state index in [-0.39, 0.29) is 11.5 Å². The van der Waals surface area contributed by atoms with E-state index in [2.05, 4.69) is 0 Å². The van der Waals surface area contributed by atoms with Crippen LogP contribution in [0.1, 0.15) is 36.2 Å². The first-order chi connectivity index (χ1) is 11.9. The van der Waals surface area contributed by atoms with Crippen LogP contribution < -0.4 is 11.2 Å². The van der Waals surface area contributed by atoms with E-state index in [1.54, 1.807) is 37.9 Å². The van der Waals surface area contributed by atoms with E-state index in [0.29, 0.717) is 27.3 Å². The maximum absolute atomic E-state index is 12.7. The summed E-state index contributed by atoms with van der Waals surface area (Å²) in [6.07, 6.45) is -3.23. The van der Waals surface area contributed by atoms with Crippen LogP contribution in [0.5, 0.6) is 0 Å². The molecule has 0 aliphatic carbocycles. The molecule has 2 aromatic rings. The van der Waals surface area contributed by atoms with Gasteiger partial charge < -0.3 is 4.98 Å². The molecule has 0 aliphatic heterocycles. The molecule has 0 fully saturated rings. The zero-order valence-corrected chi connectivity index (χ0v) is 14.6. The fourth-order valence-electron chi connectivity index (χ4n) is 2.46. The van der Waals surface area contributed by atoms with Crippen molar-refractivity contribution in [2.75, 3.05) is 0 Å². The summed E-state index contributed by atoms with van der Waals surface area (Å²) < 4.78 is 38.9. The van der Waals surface area contributed by atoms with Crippen molar-refractivity contribution in [3.63, 3.8) is 0 Å². The number of H-pyrrole nitrogens is 1. The second-order valence-corrected chi connectivity index (χ2v) is 6.04. The number of benzene rings is 1. The van der Waals surface area contributed by atoms with Crippen molar-refractivity contribution in [3.8, 4) is 5.69 Å². The van der Waals surface area contributed by atoms with E-state index in [1.165, 1.54) is 13.0 Å². The minimum Gasteiger partial charge on any atom is -0.303 e. The van der Waals surface area contributed by atoms with Crippen molar-refractivity contribution in [3.05, 3.63) is 67.0 Å². The monoisotopic (exact) mass is 366 g/mol. The SMILES string of the molecule is CC(=O)C(C)=Cc1cc(-n2c(=O)cc(C(F)(F)F)[nH]c2=O)c(C)cc1C. The van der Waals surface area contributed by atoms with Crippen LogP contribution in [-0.4, -0.2) is 15.3 Å². The van der Waals surface area contributed by atoms with E-state index in [4.69, 9.17) is 0 Å². The number of Topliss-reactive ketones (excluding diaryl/α,β-unsaturated/α-hetero) is 1. The molecule has 5 nitrogen and oxygen atoms in total. The van der Waals surface area contributed by atoms with Gasteiger partial charge in [0.25, 0.3) is 5.56 Å². The van der Waals surface area contributed by atoms with Crippen molar-refractivity contribution < 1.29 is 18.0 Å². The van der Waals surface area contributed by atoms with Gasteiger partial charge >= 0.3 is 11.9 Å². The Morgan fingerprint density at radius 3 is 2.19 bits per heavy atom. The highest BCUT2D eigenvalue weighted by Gasteiger charge is 2.33. The lowest BCUT2D eigenvalue weighted by Gasteiger charge is -2.13. The van der Waals surface area contributed by atoms with Crippen molar-refractivity contribution in [1.82, 2.24) is 9.55 Å². The number of aromatic nitrogens is 2. The molecule has 0 aliphatic rings. The predicted molar refractivity (Wildman–Crippen MR) is 91.5 cm³/mol. The highest BCUT2D eigenvalue weighted by Crippen LogP contribution is 2.26. The molecule has 26 heavy (non-hydrogen) atoms. The third-order valence-corrected chi connectivity index (χ3v) is 3.99. The number of aryl methyl sites for hydroxylation is 2. The van der Waals surface area contributed by atoms with Crippen LogP contribution in [-0.2, 0) is 11.0 Å². The number of hydrogen-bond acceptors (Lipinski definition) is 3. The van der Waals surface area contributed by atoms with E-state index in [0.717, 1.165) is 5.56 Å². The molecule has 0 bridgehead atoms. The number of carbonyl (C=O) groups excluding carboxylic acids is 1. The van der Waals surface area contributed by atoms with Gasteiger partial charge in [-0.1, -0.05) is 6.07 Å². The van der Waals surface area contributed by atoms with Crippen molar-refractivity contribution in [2.24, 2.45) is 0 Å². The Labute approximate surface area is 146 Å². The quantitative estimate of drug-likeness (QED) is 0.849. The molecular weight excluding hydrogens is 349 g/mol. The summed E-state index contributed by atoms with van der Waals surface area (Å²) in [6, 6.07) is 3.54. The molecule has 1 aromatic carbocycles. The van der Waals surface area contributed by atoms with Gasteiger partial charge in [-0.2, -0.15) is 13.2 Å². The Balaban J connectivity index is 2.74. The van der Waals surface area contributed by atoms with Gasteiger partial charge in [0.1, 0.15) is 5.69 Å². The Morgan fingerprint density at radius 2 is 1.69 bits per heavy atom. The lowest BCUT2D eigenvalue weighted by molar-refractivity contribution is -0.141. The minimum atomic E-state index is -4.83. The Kier molecular flexibility index (Phi) is 5.06. The molecule has 0 saturated heterocycles. The number of halogens is 3. The van der Waals surface area contributed by atoms with Crippen molar-refractivity contribution in [2.45, 2.75) is 33.9 Å². The first-order valence-corrected chi connectivity index (χ1v) is 7.66. The molecule has 0 saturated carbocycles. The van der Waals surface area contributed by atoms with Gasteiger partial charge in [-0.05, 0) is 62.1 Å². The van der Waals surface area contributed by atoms with Crippen LogP contribution in [0.2, 0.25) is 0 Å². The Hall–Kier alpha value is -2.90. The number of rotatable bonds is 3. The molecule has 138 valence electrons. The van der Waals surface area contributed by atoms with E-state index < -0.39 is 23.1 Å². The minimum absolute atomic E-state index is 0.143. The molecule has 0 unspecified atom stereocenters. The molecule has 0 amide bonds. The van der Waals surface area contributed by atoms with Crippen molar-refractivity contribution >= 4 is 11.9 Å². The van der Waals surface area contributed by atoms with Gasteiger partial charge in [0.2, 0.25) is 0 Å². The Morgan fingerprint density at radius 1 is 1.08 bits per heavy atom. The number of nitrogens with zero attached hydrogens (tertiary/aromatic N) is 1. The Bertz CT molecular complexity index is 996. The van der Waals surface area contributed by atoms with E-state index >= 15 is 0 Å². The van der Waals surface area contributed by atoms with E-state index in [9.17, 15) is 27.6 Å². The number of aromatic amines is 1. The summed E-state index contributed by atoms with van der Waals surface area (Å²) in [5, 5.41) is 0. The second kappa shape index (κ2) is 6.78. The zero-order chi connectivity index (χ0) is 19.8. The highest BCUT2D eigenvalue weighted by atomic mass is 19.4. The lowest BCUT2D eigenvalue weighted by Crippen LogP contribution is -2.36. The summed E-state index contributed by atoms with van der Waals surface area (Å²) in [7, 11) is 0. The number of ketones is 1. The normalized spacial score (nSPS) is 12.3. The molecule has 0 atom stereocenters. The molecule has 2 rings (SSSR count). The predicted octanol–water partition coefficient (Wildman–Crippen LogP) is 3.15. The molecule has 8 heteroatoms. The highest BCUT2D eigenvalue weighted by molar-refractivity contribution is 5.97. The average Bonchev–Trinajstić information content (AvgIpc) is 2.49. The lowest BCUT2D eigenvalue weighted by atomic mass is 10.0. The molecular formula is C18H17F3N2O3. The third kappa shape index (κ3) is 3.84. The topological polar surface area (TPSA) is 71.9 Å². The number of alkyl halides is 3. The van der Waals surface area contributed by atoms with Gasteiger partial charge in [0.15, 0.2) is 5.78 Å². The van der Waals surface area contributed by atoms with Gasteiger partial charge in [-0.3, -0.25) is 9.59 Å². The fourth-order valence-corrected chi connectivity index (χ4v) is 2.46. The summed E-state index contributed by atoms with van der Waals surface area (Å²) in [6.45, 7) is 6.45. The number of nitrogens with one attached hydrogen (secondary N) is 1. The smallest absolute Gasteiger partial charge is 0.303 e. The average molecular weight is 366 g/mol. The zero-order valence-electron chi connectivity index (χ0n) is 14.6.